The second-order valence-electron chi connectivity index (χ2n) is 6.27. The van der Waals surface area contributed by atoms with Gasteiger partial charge in [0, 0.05) is 18.2 Å². The minimum absolute atomic E-state index is 0.0860. The van der Waals surface area contributed by atoms with E-state index in [4.69, 9.17) is 9.26 Å². The number of nitrogens with zero attached hydrogens (tertiary/aromatic N) is 1. The van der Waals surface area contributed by atoms with Gasteiger partial charge in [0.25, 0.3) is 5.91 Å². The molecule has 1 saturated heterocycles. The van der Waals surface area contributed by atoms with E-state index in [-0.39, 0.29) is 5.91 Å². The quantitative estimate of drug-likeness (QED) is 0.941. The highest BCUT2D eigenvalue weighted by atomic mass is 16.5. The van der Waals surface area contributed by atoms with Crippen LogP contribution in [0.1, 0.15) is 37.4 Å². The van der Waals surface area contributed by atoms with E-state index in [2.05, 4.69) is 10.5 Å². The second-order valence-corrected chi connectivity index (χ2v) is 6.27. The van der Waals surface area contributed by atoms with Crippen LogP contribution in [0.4, 0.5) is 0 Å². The van der Waals surface area contributed by atoms with Gasteiger partial charge in [-0.15, -0.1) is 0 Å². The van der Waals surface area contributed by atoms with Crippen LogP contribution >= 0.6 is 0 Å². The zero-order valence-electron chi connectivity index (χ0n) is 13.6. The van der Waals surface area contributed by atoms with E-state index in [9.17, 15) is 4.79 Å². The Morgan fingerprint density at radius 1 is 1.30 bits per heavy atom. The van der Waals surface area contributed by atoms with Crippen molar-refractivity contribution in [3.05, 3.63) is 41.6 Å². The molecular formula is C18H22N2O3. The van der Waals surface area contributed by atoms with Crippen molar-refractivity contribution >= 4 is 5.91 Å². The first-order valence-electron chi connectivity index (χ1n) is 8.02. The molecule has 1 fully saturated rings. The molecule has 0 bridgehead atoms. The molecular weight excluding hydrogens is 292 g/mol. The van der Waals surface area contributed by atoms with Crippen molar-refractivity contribution in [3.63, 3.8) is 0 Å². The average Bonchev–Trinajstić information content (AvgIpc) is 3.03. The molecule has 122 valence electrons. The van der Waals surface area contributed by atoms with Gasteiger partial charge in [0.15, 0.2) is 5.76 Å². The number of nitrogens with one attached hydrogen (secondary N) is 1. The van der Waals surface area contributed by atoms with Crippen LogP contribution in [0.15, 0.2) is 34.9 Å². The van der Waals surface area contributed by atoms with Gasteiger partial charge in [-0.25, -0.2) is 0 Å². The molecule has 5 heteroatoms. The van der Waals surface area contributed by atoms with E-state index in [1.54, 1.807) is 0 Å². The first-order chi connectivity index (χ1) is 11.1. The van der Waals surface area contributed by atoms with Gasteiger partial charge in [-0.2, -0.15) is 0 Å². The number of rotatable bonds is 4. The standard InChI is InChI=1S/C18H22N2O3/c1-13-5-7-14(8-6-13)16-11-15(20-23-16)12-19-17(21)18(2)9-3-4-10-22-18/h5-8,11H,3-4,9-10,12H2,1-2H3,(H,19,21)/t18-/m1/s1. The molecule has 0 radical (unpaired) electrons. The van der Waals surface area contributed by atoms with E-state index in [0.717, 1.165) is 24.8 Å². The Hall–Kier alpha value is -2.14. The fourth-order valence-electron chi connectivity index (χ4n) is 2.72. The lowest BCUT2D eigenvalue weighted by Gasteiger charge is -2.32. The summed E-state index contributed by atoms with van der Waals surface area (Å²) in [6.45, 7) is 4.87. The summed E-state index contributed by atoms with van der Waals surface area (Å²) >= 11 is 0. The third kappa shape index (κ3) is 3.62. The predicted octanol–water partition coefficient (Wildman–Crippen LogP) is 3.23. The molecule has 23 heavy (non-hydrogen) atoms. The van der Waals surface area contributed by atoms with Gasteiger partial charge in [0.1, 0.15) is 11.3 Å². The molecule has 2 heterocycles. The van der Waals surface area contributed by atoms with Crippen LogP contribution in [0.25, 0.3) is 11.3 Å². The largest absolute Gasteiger partial charge is 0.365 e. The highest BCUT2D eigenvalue weighted by Crippen LogP contribution is 2.25. The van der Waals surface area contributed by atoms with Gasteiger partial charge < -0.3 is 14.6 Å². The summed E-state index contributed by atoms with van der Waals surface area (Å²) in [6, 6.07) is 9.90. The maximum atomic E-state index is 12.3. The number of hydrogen-bond donors (Lipinski definition) is 1. The molecule has 1 aliphatic rings. The molecule has 5 nitrogen and oxygen atoms in total. The van der Waals surface area contributed by atoms with E-state index < -0.39 is 5.60 Å². The number of carbonyl (C=O) groups excluding carboxylic acids is 1. The van der Waals surface area contributed by atoms with Crippen molar-refractivity contribution in [3.8, 4) is 11.3 Å². The van der Waals surface area contributed by atoms with Crippen LogP contribution < -0.4 is 5.32 Å². The molecule has 1 atom stereocenters. The van der Waals surface area contributed by atoms with E-state index in [1.165, 1.54) is 5.56 Å². The van der Waals surface area contributed by atoms with Crippen LogP contribution in [-0.2, 0) is 16.1 Å². The molecule has 0 spiro atoms. The van der Waals surface area contributed by atoms with Gasteiger partial charge in [0.2, 0.25) is 0 Å². The van der Waals surface area contributed by atoms with Crippen molar-refractivity contribution in [1.82, 2.24) is 10.5 Å². The third-order valence-electron chi connectivity index (χ3n) is 4.27. The lowest BCUT2D eigenvalue weighted by Crippen LogP contribution is -2.48. The third-order valence-corrected chi connectivity index (χ3v) is 4.27. The minimum Gasteiger partial charge on any atom is -0.365 e. The maximum Gasteiger partial charge on any atom is 0.252 e. The monoisotopic (exact) mass is 314 g/mol. The normalized spacial score (nSPS) is 21.1. The molecule has 0 aliphatic carbocycles. The molecule has 2 aromatic rings. The van der Waals surface area contributed by atoms with Gasteiger partial charge in [-0.05, 0) is 33.1 Å². The number of hydrogen-bond acceptors (Lipinski definition) is 4. The predicted molar refractivity (Wildman–Crippen MR) is 86.7 cm³/mol. The summed E-state index contributed by atoms with van der Waals surface area (Å²) in [5.41, 5.74) is 2.15. The van der Waals surface area contributed by atoms with E-state index in [0.29, 0.717) is 24.6 Å². The Morgan fingerprint density at radius 3 is 2.78 bits per heavy atom. The Labute approximate surface area is 136 Å². The molecule has 1 amide bonds. The van der Waals surface area contributed by atoms with Crippen LogP contribution in [0.5, 0.6) is 0 Å². The Morgan fingerprint density at radius 2 is 2.09 bits per heavy atom. The summed E-state index contributed by atoms with van der Waals surface area (Å²) in [5, 5.41) is 6.92. The van der Waals surface area contributed by atoms with Crippen LogP contribution in [0.3, 0.4) is 0 Å². The second kappa shape index (κ2) is 6.54. The Kier molecular flexibility index (Phi) is 4.48. The fourth-order valence-corrected chi connectivity index (χ4v) is 2.72. The van der Waals surface area contributed by atoms with Gasteiger partial charge in [-0.3, -0.25) is 4.79 Å². The Balaban J connectivity index is 1.61. The zero-order chi connectivity index (χ0) is 16.3. The highest BCUT2D eigenvalue weighted by molar-refractivity contribution is 5.84. The zero-order valence-corrected chi connectivity index (χ0v) is 13.6. The SMILES string of the molecule is Cc1ccc(-c2cc(CNC(=O)[C@@]3(C)CCCCO3)no2)cc1. The van der Waals surface area contributed by atoms with Crippen molar-refractivity contribution in [1.29, 1.82) is 0 Å². The molecule has 1 aliphatic heterocycles. The van der Waals surface area contributed by atoms with Crippen molar-refractivity contribution in [2.45, 2.75) is 45.3 Å². The lowest BCUT2D eigenvalue weighted by molar-refractivity contribution is -0.150. The summed E-state index contributed by atoms with van der Waals surface area (Å²) < 4.78 is 11.0. The molecule has 1 aromatic heterocycles. The smallest absolute Gasteiger partial charge is 0.252 e. The van der Waals surface area contributed by atoms with Crippen molar-refractivity contribution in [2.24, 2.45) is 0 Å². The number of carbonyl (C=O) groups is 1. The molecule has 0 unspecified atom stereocenters. The van der Waals surface area contributed by atoms with Gasteiger partial charge in [0.05, 0.1) is 6.54 Å². The number of aromatic nitrogens is 1. The van der Waals surface area contributed by atoms with Crippen LogP contribution in [-0.4, -0.2) is 23.3 Å². The summed E-state index contributed by atoms with van der Waals surface area (Å²) in [6.07, 6.45) is 2.80. The summed E-state index contributed by atoms with van der Waals surface area (Å²) in [7, 11) is 0. The fraction of sp³-hybridized carbons (Fsp3) is 0.444. The van der Waals surface area contributed by atoms with E-state index in [1.807, 2.05) is 44.2 Å². The molecule has 0 saturated carbocycles. The van der Waals surface area contributed by atoms with Crippen LogP contribution in [0.2, 0.25) is 0 Å². The molecule has 1 aromatic carbocycles. The first kappa shape index (κ1) is 15.7. The molecule has 3 rings (SSSR count). The number of benzene rings is 1. The lowest BCUT2D eigenvalue weighted by atomic mass is 9.95. The summed E-state index contributed by atoms with van der Waals surface area (Å²) in [5.74, 6) is 0.617. The topological polar surface area (TPSA) is 64.4 Å². The number of amides is 1. The number of aryl methyl sites for hydroxylation is 1. The summed E-state index contributed by atoms with van der Waals surface area (Å²) in [4.78, 5) is 12.3. The molecule has 1 N–H and O–H groups in total. The van der Waals surface area contributed by atoms with Crippen molar-refractivity contribution in [2.75, 3.05) is 6.61 Å². The minimum atomic E-state index is -0.720. The van der Waals surface area contributed by atoms with E-state index >= 15 is 0 Å². The van der Waals surface area contributed by atoms with Gasteiger partial charge in [-0.1, -0.05) is 35.0 Å². The average molecular weight is 314 g/mol. The van der Waals surface area contributed by atoms with Gasteiger partial charge >= 0.3 is 0 Å². The highest BCUT2D eigenvalue weighted by Gasteiger charge is 2.35. The Bertz CT molecular complexity index is 670. The maximum absolute atomic E-state index is 12.3. The van der Waals surface area contributed by atoms with Crippen molar-refractivity contribution < 1.29 is 14.1 Å². The number of ether oxygens (including phenoxy) is 1. The first-order valence-corrected chi connectivity index (χ1v) is 8.02. The van der Waals surface area contributed by atoms with Crippen LogP contribution in [0, 0.1) is 6.92 Å².